The van der Waals surface area contributed by atoms with E-state index in [0.29, 0.717) is 12.3 Å². The van der Waals surface area contributed by atoms with Gasteiger partial charge in [0.25, 0.3) is 0 Å². The molecule has 1 N–H and O–H groups in total. The average molecular weight is 212 g/mol. The molecule has 0 spiro atoms. The molecule has 0 radical (unpaired) electrons. The molecule has 1 fully saturated rings. The van der Waals surface area contributed by atoms with Crippen molar-refractivity contribution in [3.05, 3.63) is 10.0 Å². The fourth-order valence-electron chi connectivity index (χ4n) is 1.40. The van der Waals surface area contributed by atoms with Gasteiger partial charge in [-0.15, -0.1) is 21.5 Å². The Morgan fingerprint density at radius 1 is 1.50 bits per heavy atom. The van der Waals surface area contributed by atoms with E-state index in [1.54, 1.807) is 11.3 Å². The predicted octanol–water partition coefficient (Wildman–Crippen LogP) is 1.82. The van der Waals surface area contributed by atoms with E-state index in [0.717, 1.165) is 10.0 Å². The molecule has 4 nitrogen and oxygen atoms in total. The second-order valence-electron chi connectivity index (χ2n) is 3.56. The van der Waals surface area contributed by atoms with Crippen LogP contribution in [-0.4, -0.2) is 21.3 Å². The van der Waals surface area contributed by atoms with E-state index in [1.807, 2.05) is 0 Å². The van der Waals surface area contributed by atoms with Gasteiger partial charge in [0.05, 0.1) is 6.42 Å². The van der Waals surface area contributed by atoms with E-state index in [2.05, 4.69) is 10.2 Å². The van der Waals surface area contributed by atoms with Crippen LogP contribution < -0.4 is 0 Å². The van der Waals surface area contributed by atoms with Crippen LogP contribution in [-0.2, 0) is 11.2 Å². The summed E-state index contributed by atoms with van der Waals surface area (Å²) in [4.78, 5) is 10.3. The van der Waals surface area contributed by atoms with Crippen LogP contribution >= 0.6 is 11.3 Å². The average Bonchev–Trinajstić information content (AvgIpc) is 2.46. The highest BCUT2D eigenvalue weighted by Gasteiger charge is 2.23. The second kappa shape index (κ2) is 4.04. The minimum atomic E-state index is -0.773. The Balaban J connectivity index is 1.92. The molecule has 0 saturated heterocycles. The van der Waals surface area contributed by atoms with Gasteiger partial charge in [-0.3, -0.25) is 4.79 Å². The quantitative estimate of drug-likeness (QED) is 0.827. The largest absolute Gasteiger partial charge is 0.481 e. The lowest BCUT2D eigenvalue weighted by Crippen LogP contribution is -2.07. The summed E-state index contributed by atoms with van der Waals surface area (Å²) in [6, 6.07) is 0. The molecule has 1 aromatic rings. The number of nitrogens with zero attached hydrogens (tertiary/aromatic N) is 2. The Labute approximate surface area is 86.0 Å². The summed E-state index contributed by atoms with van der Waals surface area (Å²) in [7, 11) is 0. The van der Waals surface area contributed by atoms with Crippen LogP contribution in [0, 0.1) is 0 Å². The van der Waals surface area contributed by atoms with E-state index in [1.165, 1.54) is 19.3 Å². The summed E-state index contributed by atoms with van der Waals surface area (Å²) in [5.41, 5.74) is 0. The van der Waals surface area contributed by atoms with Crippen molar-refractivity contribution >= 4 is 17.3 Å². The molecule has 1 saturated carbocycles. The van der Waals surface area contributed by atoms with E-state index < -0.39 is 5.97 Å². The van der Waals surface area contributed by atoms with Crippen LogP contribution in [0.1, 0.15) is 41.6 Å². The second-order valence-corrected chi connectivity index (χ2v) is 4.65. The molecule has 1 aromatic heterocycles. The molecule has 0 atom stereocenters. The first-order valence-electron chi connectivity index (χ1n) is 4.80. The smallest absolute Gasteiger partial charge is 0.303 e. The molecule has 1 aliphatic carbocycles. The van der Waals surface area contributed by atoms with Gasteiger partial charge in [0, 0.05) is 12.3 Å². The Bertz CT molecular complexity index is 333. The highest BCUT2D eigenvalue weighted by molar-refractivity contribution is 7.11. The maximum Gasteiger partial charge on any atom is 0.303 e. The molecule has 76 valence electrons. The normalized spacial score (nSPS) is 16.6. The summed E-state index contributed by atoms with van der Waals surface area (Å²) in [6.07, 6.45) is 4.38. The lowest BCUT2D eigenvalue weighted by Gasteiger charge is -2.21. The summed E-state index contributed by atoms with van der Waals surface area (Å²) in [5.74, 6) is -0.170. The Morgan fingerprint density at radius 2 is 2.29 bits per heavy atom. The van der Waals surface area contributed by atoms with Crippen molar-refractivity contribution in [2.45, 2.75) is 38.0 Å². The third kappa shape index (κ3) is 2.09. The van der Waals surface area contributed by atoms with Gasteiger partial charge < -0.3 is 5.11 Å². The van der Waals surface area contributed by atoms with Crippen molar-refractivity contribution in [3.8, 4) is 0 Å². The molecule has 0 unspecified atom stereocenters. The zero-order chi connectivity index (χ0) is 9.97. The summed E-state index contributed by atoms with van der Waals surface area (Å²) >= 11 is 1.57. The molecule has 0 bridgehead atoms. The molecule has 2 rings (SSSR count). The van der Waals surface area contributed by atoms with Gasteiger partial charge in [0.2, 0.25) is 0 Å². The number of aryl methyl sites for hydroxylation is 1. The monoisotopic (exact) mass is 212 g/mol. The lowest BCUT2D eigenvalue weighted by molar-refractivity contribution is -0.136. The van der Waals surface area contributed by atoms with Crippen LogP contribution in [0.5, 0.6) is 0 Å². The highest BCUT2D eigenvalue weighted by Crippen LogP contribution is 2.37. The molecule has 5 heteroatoms. The number of hydrogen-bond acceptors (Lipinski definition) is 4. The summed E-state index contributed by atoms with van der Waals surface area (Å²) in [6.45, 7) is 0. The van der Waals surface area contributed by atoms with Gasteiger partial charge >= 0.3 is 5.97 Å². The number of aromatic nitrogens is 2. The molecular weight excluding hydrogens is 200 g/mol. The van der Waals surface area contributed by atoms with Crippen molar-refractivity contribution in [3.63, 3.8) is 0 Å². The van der Waals surface area contributed by atoms with Crippen molar-refractivity contribution < 1.29 is 9.90 Å². The first-order chi connectivity index (χ1) is 6.75. The van der Waals surface area contributed by atoms with E-state index >= 15 is 0 Å². The van der Waals surface area contributed by atoms with Crippen LogP contribution in [0.25, 0.3) is 0 Å². The van der Waals surface area contributed by atoms with E-state index in [-0.39, 0.29) is 6.42 Å². The minimum Gasteiger partial charge on any atom is -0.481 e. The summed E-state index contributed by atoms with van der Waals surface area (Å²) in [5, 5.41) is 18.5. The van der Waals surface area contributed by atoms with Gasteiger partial charge in [-0.05, 0) is 12.8 Å². The Kier molecular flexibility index (Phi) is 2.77. The molecule has 14 heavy (non-hydrogen) atoms. The molecule has 0 amide bonds. The van der Waals surface area contributed by atoms with Gasteiger partial charge in [0.15, 0.2) is 0 Å². The zero-order valence-electron chi connectivity index (χ0n) is 7.77. The van der Waals surface area contributed by atoms with E-state index in [4.69, 9.17) is 5.11 Å². The van der Waals surface area contributed by atoms with Gasteiger partial charge in [0.1, 0.15) is 10.0 Å². The van der Waals surface area contributed by atoms with Crippen molar-refractivity contribution in [1.29, 1.82) is 0 Å². The van der Waals surface area contributed by atoms with Gasteiger partial charge in [-0.2, -0.15) is 0 Å². The lowest BCUT2D eigenvalue weighted by atomic mass is 9.86. The number of aliphatic carboxylic acids is 1. The predicted molar refractivity (Wildman–Crippen MR) is 52.5 cm³/mol. The molecule has 1 aliphatic rings. The van der Waals surface area contributed by atoms with Crippen LogP contribution in [0.15, 0.2) is 0 Å². The number of rotatable bonds is 4. The molecule has 1 heterocycles. The zero-order valence-corrected chi connectivity index (χ0v) is 8.59. The van der Waals surface area contributed by atoms with Crippen LogP contribution in [0.2, 0.25) is 0 Å². The number of carboxylic acid groups (broad SMARTS) is 1. The molecular formula is C9H12N2O2S. The number of carboxylic acids is 1. The van der Waals surface area contributed by atoms with Crippen molar-refractivity contribution in [2.24, 2.45) is 0 Å². The third-order valence-corrected chi connectivity index (χ3v) is 3.64. The van der Waals surface area contributed by atoms with Gasteiger partial charge in [-0.1, -0.05) is 6.42 Å². The first-order valence-corrected chi connectivity index (χ1v) is 5.61. The fourth-order valence-corrected chi connectivity index (χ4v) is 2.41. The Hall–Kier alpha value is -0.970. The van der Waals surface area contributed by atoms with Gasteiger partial charge in [-0.25, -0.2) is 0 Å². The maximum atomic E-state index is 10.3. The van der Waals surface area contributed by atoms with Crippen LogP contribution in [0.3, 0.4) is 0 Å². The number of carbonyl (C=O) groups is 1. The molecule has 0 aliphatic heterocycles. The standard InChI is InChI=1S/C9H12N2O2S/c12-8(13)5-4-7-10-11-9(14-7)6-2-1-3-6/h6H,1-5H2,(H,12,13). The summed E-state index contributed by atoms with van der Waals surface area (Å²) < 4.78 is 0. The maximum absolute atomic E-state index is 10.3. The highest BCUT2D eigenvalue weighted by atomic mass is 32.1. The topological polar surface area (TPSA) is 63.1 Å². The van der Waals surface area contributed by atoms with E-state index in [9.17, 15) is 4.79 Å². The molecule has 0 aromatic carbocycles. The van der Waals surface area contributed by atoms with Crippen molar-refractivity contribution in [1.82, 2.24) is 10.2 Å². The fraction of sp³-hybridized carbons (Fsp3) is 0.667. The Morgan fingerprint density at radius 3 is 2.86 bits per heavy atom. The SMILES string of the molecule is O=C(O)CCc1nnc(C2CCC2)s1. The van der Waals surface area contributed by atoms with Crippen LogP contribution in [0.4, 0.5) is 0 Å². The first kappa shape index (κ1) is 9.58. The van der Waals surface area contributed by atoms with Crippen molar-refractivity contribution in [2.75, 3.05) is 0 Å². The minimum absolute atomic E-state index is 0.152. The number of hydrogen-bond donors (Lipinski definition) is 1. The third-order valence-electron chi connectivity index (χ3n) is 2.49.